The lowest BCUT2D eigenvalue weighted by atomic mass is 10.2. The largest absolute Gasteiger partial charge is 0.383 e. The Hall–Kier alpha value is -0.650. The molecule has 6 heteroatoms. The van der Waals surface area contributed by atoms with Gasteiger partial charge in [0.25, 0.3) is 0 Å². The van der Waals surface area contributed by atoms with E-state index in [0.29, 0.717) is 16.7 Å². The first-order valence-corrected chi connectivity index (χ1v) is 7.43. The first-order chi connectivity index (χ1) is 9.20. The maximum Gasteiger partial charge on any atom is 0.107 e. The molecule has 1 aromatic heterocycles. The number of thiazole rings is 1. The zero-order chi connectivity index (χ0) is 13.7. The molecular weight excluding hydrogens is 303 g/mol. The zero-order valence-corrected chi connectivity index (χ0v) is 12.8. The number of aromatic nitrogens is 1. The lowest BCUT2D eigenvalue weighted by molar-refractivity contribution is 0.199. The Morgan fingerprint density at radius 3 is 2.95 bits per heavy atom. The third kappa shape index (κ3) is 4.16. The number of methoxy groups -OCH3 is 1. The third-order valence-corrected chi connectivity index (χ3v) is 3.91. The Morgan fingerprint density at radius 2 is 2.21 bits per heavy atom. The highest BCUT2D eigenvalue weighted by Gasteiger charge is 2.08. The summed E-state index contributed by atoms with van der Waals surface area (Å²) in [6.07, 6.45) is 0. The molecule has 0 aliphatic heterocycles. The van der Waals surface area contributed by atoms with Crippen LogP contribution < -0.4 is 5.32 Å². The first-order valence-electron chi connectivity index (χ1n) is 5.80. The monoisotopic (exact) mass is 316 g/mol. The first kappa shape index (κ1) is 14.8. The summed E-state index contributed by atoms with van der Waals surface area (Å²) in [6, 6.07) is 5.44. The Kier molecular flexibility index (Phi) is 5.60. The molecule has 0 fully saturated rings. The minimum atomic E-state index is 0.622. The fourth-order valence-electron chi connectivity index (χ4n) is 1.58. The summed E-state index contributed by atoms with van der Waals surface area (Å²) in [6.45, 7) is 2.24. The lowest BCUT2D eigenvalue weighted by Crippen LogP contribution is -2.18. The Balaban J connectivity index is 2.04. The zero-order valence-electron chi connectivity index (χ0n) is 10.5. The molecule has 102 valence electrons. The van der Waals surface area contributed by atoms with Crippen molar-refractivity contribution in [1.82, 2.24) is 10.3 Å². The van der Waals surface area contributed by atoms with E-state index >= 15 is 0 Å². The second kappa shape index (κ2) is 7.22. The van der Waals surface area contributed by atoms with Crippen LogP contribution in [0.15, 0.2) is 23.6 Å². The molecule has 0 amide bonds. The summed E-state index contributed by atoms with van der Waals surface area (Å²) < 4.78 is 4.97. The molecule has 19 heavy (non-hydrogen) atoms. The van der Waals surface area contributed by atoms with E-state index in [-0.39, 0.29) is 0 Å². The highest BCUT2D eigenvalue weighted by molar-refractivity contribution is 7.09. The molecule has 0 bridgehead atoms. The van der Waals surface area contributed by atoms with Gasteiger partial charge >= 0.3 is 0 Å². The molecule has 0 saturated heterocycles. The summed E-state index contributed by atoms with van der Waals surface area (Å²) in [5.74, 6) is 0. The van der Waals surface area contributed by atoms with E-state index in [9.17, 15) is 0 Å². The molecule has 1 N–H and O–H groups in total. The van der Waals surface area contributed by atoms with Crippen LogP contribution in [0.5, 0.6) is 0 Å². The van der Waals surface area contributed by atoms with Gasteiger partial charge in [0.05, 0.1) is 17.3 Å². The van der Waals surface area contributed by atoms with Gasteiger partial charge in [-0.15, -0.1) is 11.3 Å². The summed E-state index contributed by atoms with van der Waals surface area (Å²) in [5, 5.41) is 7.54. The molecule has 0 aliphatic rings. The van der Waals surface area contributed by atoms with Crippen molar-refractivity contribution in [3.8, 4) is 11.3 Å². The van der Waals surface area contributed by atoms with Crippen molar-refractivity contribution >= 4 is 34.5 Å². The number of hydrogen-bond donors (Lipinski definition) is 1. The van der Waals surface area contributed by atoms with Gasteiger partial charge in [-0.25, -0.2) is 4.98 Å². The minimum Gasteiger partial charge on any atom is -0.383 e. The lowest BCUT2D eigenvalue weighted by Gasteiger charge is -2.02. The van der Waals surface area contributed by atoms with E-state index in [0.717, 1.165) is 29.4 Å². The molecule has 3 nitrogen and oxygen atoms in total. The minimum absolute atomic E-state index is 0.622. The van der Waals surface area contributed by atoms with Gasteiger partial charge in [0.15, 0.2) is 0 Å². The van der Waals surface area contributed by atoms with Crippen LogP contribution in [0.2, 0.25) is 10.0 Å². The van der Waals surface area contributed by atoms with Crippen LogP contribution in [-0.4, -0.2) is 25.2 Å². The Bertz CT molecular complexity index is 545. The molecule has 0 aliphatic carbocycles. The number of ether oxygens (including phenoxy) is 1. The normalized spacial score (nSPS) is 10.9. The van der Waals surface area contributed by atoms with Crippen molar-refractivity contribution < 1.29 is 4.74 Å². The van der Waals surface area contributed by atoms with Gasteiger partial charge in [-0.05, 0) is 18.2 Å². The van der Waals surface area contributed by atoms with Crippen LogP contribution in [-0.2, 0) is 11.3 Å². The molecule has 1 heterocycles. The van der Waals surface area contributed by atoms with Gasteiger partial charge in [-0.2, -0.15) is 0 Å². The number of rotatable bonds is 6. The van der Waals surface area contributed by atoms with Crippen molar-refractivity contribution in [2.24, 2.45) is 0 Å². The van der Waals surface area contributed by atoms with Gasteiger partial charge in [0.1, 0.15) is 5.01 Å². The molecule has 2 rings (SSSR count). The molecule has 0 radical (unpaired) electrons. The van der Waals surface area contributed by atoms with Crippen LogP contribution in [0.3, 0.4) is 0 Å². The molecule has 0 spiro atoms. The summed E-state index contributed by atoms with van der Waals surface area (Å²) in [5.41, 5.74) is 1.79. The topological polar surface area (TPSA) is 34.1 Å². The molecular formula is C13H14Cl2N2OS. The Labute approximate surface area is 126 Å². The second-order valence-electron chi connectivity index (χ2n) is 3.92. The van der Waals surface area contributed by atoms with Crippen molar-refractivity contribution in [2.75, 3.05) is 20.3 Å². The van der Waals surface area contributed by atoms with Gasteiger partial charge in [-0.1, -0.05) is 23.2 Å². The van der Waals surface area contributed by atoms with E-state index in [1.807, 2.05) is 17.5 Å². The van der Waals surface area contributed by atoms with Crippen LogP contribution >= 0.6 is 34.5 Å². The van der Waals surface area contributed by atoms with Crippen LogP contribution in [0.25, 0.3) is 11.3 Å². The predicted molar refractivity (Wildman–Crippen MR) is 81.2 cm³/mol. The quantitative estimate of drug-likeness (QED) is 0.822. The standard InChI is InChI=1S/C13H14Cl2N2OS/c1-18-5-4-16-7-13-17-12(8-19-13)10-3-2-9(14)6-11(10)15/h2-3,6,8,16H,4-5,7H2,1H3. The second-order valence-corrected chi connectivity index (χ2v) is 5.71. The van der Waals surface area contributed by atoms with Crippen LogP contribution in [0.1, 0.15) is 5.01 Å². The van der Waals surface area contributed by atoms with Crippen molar-refractivity contribution in [3.63, 3.8) is 0 Å². The van der Waals surface area contributed by atoms with Crippen LogP contribution in [0.4, 0.5) is 0 Å². The van der Waals surface area contributed by atoms with E-state index in [1.165, 1.54) is 0 Å². The Morgan fingerprint density at radius 1 is 1.37 bits per heavy atom. The molecule has 0 saturated carbocycles. The van der Waals surface area contributed by atoms with Gasteiger partial charge < -0.3 is 10.1 Å². The van der Waals surface area contributed by atoms with E-state index in [4.69, 9.17) is 27.9 Å². The smallest absolute Gasteiger partial charge is 0.107 e. The number of hydrogen-bond acceptors (Lipinski definition) is 4. The average molecular weight is 317 g/mol. The molecule has 0 unspecified atom stereocenters. The summed E-state index contributed by atoms with van der Waals surface area (Å²) in [4.78, 5) is 4.56. The maximum atomic E-state index is 6.17. The fourth-order valence-corrected chi connectivity index (χ4v) is 2.85. The number of halogens is 2. The molecule has 2 aromatic rings. The number of nitrogens with one attached hydrogen (secondary N) is 1. The van der Waals surface area contributed by atoms with E-state index < -0.39 is 0 Å². The number of nitrogens with zero attached hydrogens (tertiary/aromatic N) is 1. The summed E-state index contributed by atoms with van der Waals surface area (Å²) >= 11 is 13.7. The maximum absolute atomic E-state index is 6.17. The summed E-state index contributed by atoms with van der Waals surface area (Å²) in [7, 11) is 1.69. The number of benzene rings is 1. The molecule has 0 atom stereocenters. The average Bonchev–Trinajstić information content (AvgIpc) is 2.83. The molecule has 1 aromatic carbocycles. The van der Waals surface area contributed by atoms with Crippen LogP contribution in [0, 0.1) is 0 Å². The van der Waals surface area contributed by atoms with Crippen molar-refractivity contribution in [3.05, 3.63) is 38.6 Å². The van der Waals surface area contributed by atoms with E-state index in [2.05, 4.69) is 10.3 Å². The fraction of sp³-hybridized carbons (Fsp3) is 0.308. The van der Waals surface area contributed by atoms with Gasteiger partial charge in [0.2, 0.25) is 0 Å². The van der Waals surface area contributed by atoms with Crippen molar-refractivity contribution in [1.29, 1.82) is 0 Å². The predicted octanol–water partition coefficient (Wildman–Crippen LogP) is 3.85. The third-order valence-electron chi connectivity index (χ3n) is 2.52. The highest BCUT2D eigenvalue weighted by Crippen LogP contribution is 2.30. The SMILES string of the molecule is COCCNCc1nc(-c2ccc(Cl)cc2Cl)cs1. The highest BCUT2D eigenvalue weighted by atomic mass is 35.5. The van der Waals surface area contributed by atoms with E-state index in [1.54, 1.807) is 24.5 Å². The van der Waals surface area contributed by atoms with Crippen molar-refractivity contribution in [2.45, 2.75) is 6.54 Å². The van der Waals surface area contributed by atoms with Gasteiger partial charge in [-0.3, -0.25) is 0 Å². The van der Waals surface area contributed by atoms with Gasteiger partial charge in [0, 0.05) is 36.2 Å².